The quantitative estimate of drug-likeness (QED) is 0.727. The maximum Gasteiger partial charge on any atom is 0.339 e. The van der Waals surface area contributed by atoms with Crippen molar-refractivity contribution in [1.82, 2.24) is 10.3 Å². The van der Waals surface area contributed by atoms with Gasteiger partial charge in [-0.15, -0.1) is 0 Å². The lowest BCUT2D eigenvalue weighted by Crippen LogP contribution is -2.40. The molecule has 2 heterocycles. The molecule has 2 unspecified atom stereocenters. The summed E-state index contributed by atoms with van der Waals surface area (Å²) in [5.74, 6) is 0.996. The number of rotatable bonds is 7. The summed E-state index contributed by atoms with van der Waals surface area (Å²) in [6, 6.07) is 8.55. The van der Waals surface area contributed by atoms with Gasteiger partial charge in [0.2, 0.25) is 0 Å². The molecule has 7 nitrogen and oxygen atoms in total. The van der Waals surface area contributed by atoms with E-state index in [-0.39, 0.29) is 11.5 Å². The molecule has 0 spiro atoms. The Morgan fingerprint density at radius 2 is 1.93 bits per heavy atom. The highest BCUT2D eigenvalue weighted by molar-refractivity contribution is 5.99. The van der Waals surface area contributed by atoms with E-state index >= 15 is 0 Å². The second kappa shape index (κ2) is 9.61. The fourth-order valence-electron chi connectivity index (χ4n) is 4.15. The number of aromatic nitrogens is 1. The third kappa shape index (κ3) is 5.09. The van der Waals surface area contributed by atoms with Crippen LogP contribution < -0.4 is 15.0 Å². The van der Waals surface area contributed by atoms with E-state index in [1.165, 1.54) is 19.6 Å². The number of piperidine rings is 1. The summed E-state index contributed by atoms with van der Waals surface area (Å²) < 4.78 is 5.16. The molecule has 1 saturated heterocycles. The Kier molecular flexibility index (Phi) is 6.92. The standard InChI is InChI=1S/C23H29N3O4/c1-15-11-16(2)14-26(13-15)21-19(5-4-9-24-21)22(27)25-10-8-17-6-7-18(23(28)29)20(12-17)30-3/h4-7,9,12,15-16H,8,10-11,13-14H2,1-3H3,(H,25,27)(H,28,29). The van der Waals surface area contributed by atoms with Crippen molar-refractivity contribution in [3.8, 4) is 5.75 Å². The molecular weight excluding hydrogens is 382 g/mol. The molecule has 0 aliphatic carbocycles. The molecule has 2 atom stereocenters. The predicted molar refractivity (Wildman–Crippen MR) is 115 cm³/mol. The number of methoxy groups -OCH3 is 1. The summed E-state index contributed by atoms with van der Waals surface area (Å²) in [7, 11) is 1.44. The monoisotopic (exact) mass is 411 g/mol. The third-order valence-electron chi connectivity index (χ3n) is 5.40. The van der Waals surface area contributed by atoms with Crippen LogP contribution in [0.5, 0.6) is 5.75 Å². The van der Waals surface area contributed by atoms with Crippen LogP contribution in [0.1, 0.15) is 46.5 Å². The number of anilines is 1. The van der Waals surface area contributed by atoms with Crippen molar-refractivity contribution in [1.29, 1.82) is 0 Å². The highest BCUT2D eigenvalue weighted by Gasteiger charge is 2.26. The smallest absolute Gasteiger partial charge is 0.339 e. The van der Waals surface area contributed by atoms with Crippen molar-refractivity contribution in [2.45, 2.75) is 26.7 Å². The van der Waals surface area contributed by atoms with Crippen molar-refractivity contribution >= 4 is 17.7 Å². The van der Waals surface area contributed by atoms with Crippen molar-refractivity contribution in [3.63, 3.8) is 0 Å². The molecule has 30 heavy (non-hydrogen) atoms. The first kappa shape index (κ1) is 21.6. The normalized spacial score (nSPS) is 18.7. The number of aromatic carboxylic acids is 1. The number of hydrogen-bond donors (Lipinski definition) is 2. The fourth-order valence-corrected chi connectivity index (χ4v) is 4.15. The maximum atomic E-state index is 12.8. The van der Waals surface area contributed by atoms with Crippen LogP contribution in [0.15, 0.2) is 36.5 Å². The second-order valence-electron chi connectivity index (χ2n) is 8.07. The molecule has 1 aromatic heterocycles. The fraction of sp³-hybridized carbons (Fsp3) is 0.435. The highest BCUT2D eigenvalue weighted by Crippen LogP contribution is 2.27. The van der Waals surface area contributed by atoms with Gasteiger partial charge in [-0.25, -0.2) is 9.78 Å². The number of carbonyl (C=O) groups is 2. The van der Waals surface area contributed by atoms with E-state index < -0.39 is 5.97 Å². The Morgan fingerprint density at radius 3 is 2.60 bits per heavy atom. The summed E-state index contributed by atoms with van der Waals surface area (Å²) in [5.41, 5.74) is 1.59. The van der Waals surface area contributed by atoms with Crippen molar-refractivity contribution in [3.05, 3.63) is 53.2 Å². The Labute approximate surface area is 177 Å². The van der Waals surface area contributed by atoms with E-state index in [9.17, 15) is 14.7 Å². The van der Waals surface area contributed by atoms with Crippen LogP contribution in [0.25, 0.3) is 0 Å². The minimum absolute atomic E-state index is 0.121. The van der Waals surface area contributed by atoms with Crippen LogP contribution in [0.2, 0.25) is 0 Å². The number of pyridine rings is 1. The predicted octanol–water partition coefficient (Wildman–Crippen LogP) is 3.24. The van der Waals surface area contributed by atoms with Gasteiger partial charge < -0.3 is 20.1 Å². The Balaban J connectivity index is 1.65. The molecule has 0 bridgehead atoms. The van der Waals surface area contributed by atoms with Gasteiger partial charge in [0.15, 0.2) is 0 Å². The summed E-state index contributed by atoms with van der Waals surface area (Å²) in [6.45, 7) is 6.69. The molecule has 1 fully saturated rings. The number of hydrogen-bond acceptors (Lipinski definition) is 5. The van der Waals surface area contributed by atoms with E-state index in [0.717, 1.165) is 24.5 Å². The van der Waals surface area contributed by atoms with E-state index in [4.69, 9.17) is 4.74 Å². The molecule has 1 aromatic carbocycles. The molecule has 0 radical (unpaired) electrons. The SMILES string of the molecule is COc1cc(CCNC(=O)c2cccnc2N2CC(C)CC(C)C2)ccc1C(=O)O. The average molecular weight is 412 g/mol. The number of carbonyl (C=O) groups excluding carboxylic acids is 1. The molecule has 7 heteroatoms. The van der Waals surface area contributed by atoms with Crippen LogP contribution in [-0.2, 0) is 6.42 Å². The van der Waals surface area contributed by atoms with E-state index in [0.29, 0.717) is 36.1 Å². The number of carboxylic acid groups (broad SMARTS) is 1. The first-order chi connectivity index (χ1) is 14.4. The van der Waals surface area contributed by atoms with Gasteiger partial charge in [0.05, 0.1) is 12.7 Å². The van der Waals surface area contributed by atoms with Crippen LogP contribution >= 0.6 is 0 Å². The number of carboxylic acids is 1. The minimum Gasteiger partial charge on any atom is -0.496 e. The average Bonchev–Trinajstić information content (AvgIpc) is 2.72. The first-order valence-electron chi connectivity index (χ1n) is 10.3. The molecule has 3 rings (SSSR count). The number of nitrogens with zero attached hydrogens (tertiary/aromatic N) is 2. The number of ether oxygens (including phenoxy) is 1. The van der Waals surface area contributed by atoms with Crippen LogP contribution in [0.3, 0.4) is 0 Å². The van der Waals surface area contributed by atoms with E-state index in [1.807, 2.05) is 6.07 Å². The molecule has 0 saturated carbocycles. The summed E-state index contributed by atoms with van der Waals surface area (Å²) >= 11 is 0. The van der Waals surface area contributed by atoms with Gasteiger partial charge in [-0.3, -0.25) is 4.79 Å². The van der Waals surface area contributed by atoms with Gasteiger partial charge >= 0.3 is 5.97 Å². The minimum atomic E-state index is -1.03. The highest BCUT2D eigenvalue weighted by atomic mass is 16.5. The molecule has 160 valence electrons. The van der Waals surface area contributed by atoms with Gasteiger partial charge in [0.25, 0.3) is 5.91 Å². The topological polar surface area (TPSA) is 91.8 Å². The zero-order valence-electron chi connectivity index (χ0n) is 17.7. The Morgan fingerprint density at radius 1 is 1.20 bits per heavy atom. The maximum absolute atomic E-state index is 12.8. The van der Waals surface area contributed by atoms with Crippen molar-refractivity contribution in [2.75, 3.05) is 31.6 Å². The lowest BCUT2D eigenvalue weighted by molar-refractivity contribution is 0.0693. The summed E-state index contributed by atoms with van der Waals surface area (Å²) in [4.78, 5) is 30.8. The molecule has 1 aliphatic rings. The van der Waals surface area contributed by atoms with Gasteiger partial charge in [0, 0.05) is 25.8 Å². The molecule has 1 amide bonds. The van der Waals surface area contributed by atoms with Gasteiger partial charge in [-0.2, -0.15) is 0 Å². The second-order valence-corrected chi connectivity index (χ2v) is 8.07. The van der Waals surface area contributed by atoms with Crippen LogP contribution in [0, 0.1) is 11.8 Å². The van der Waals surface area contributed by atoms with E-state index in [2.05, 4.69) is 29.0 Å². The summed E-state index contributed by atoms with van der Waals surface area (Å²) in [5, 5.41) is 12.1. The van der Waals surface area contributed by atoms with Crippen LogP contribution in [-0.4, -0.2) is 48.7 Å². The lowest BCUT2D eigenvalue weighted by Gasteiger charge is -2.36. The van der Waals surface area contributed by atoms with E-state index in [1.54, 1.807) is 24.4 Å². The zero-order valence-corrected chi connectivity index (χ0v) is 17.7. The molecular formula is C23H29N3O4. The zero-order chi connectivity index (χ0) is 21.7. The van der Waals surface area contributed by atoms with Gasteiger partial charge in [-0.1, -0.05) is 19.9 Å². The largest absolute Gasteiger partial charge is 0.496 e. The van der Waals surface area contributed by atoms with Crippen LogP contribution in [0.4, 0.5) is 5.82 Å². The van der Waals surface area contributed by atoms with Gasteiger partial charge in [-0.05, 0) is 54.5 Å². The van der Waals surface area contributed by atoms with Crippen molar-refractivity contribution < 1.29 is 19.4 Å². The van der Waals surface area contributed by atoms with Gasteiger partial charge in [0.1, 0.15) is 17.1 Å². The number of nitrogens with one attached hydrogen (secondary N) is 1. The number of benzene rings is 1. The first-order valence-corrected chi connectivity index (χ1v) is 10.3. The molecule has 1 aliphatic heterocycles. The third-order valence-corrected chi connectivity index (χ3v) is 5.40. The molecule has 2 aromatic rings. The Hall–Kier alpha value is -3.09. The summed E-state index contributed by atoms with van der Waals surface area (Å²) in [6.07, 6.45) is 3.48. The Bertz CT molecular complexity index is 905. The number of amides is 1. The van der Waals surface area contributed by atoms with Crippen molar-refractivity contribution in [2.24, 2.45) is 11.8 Å². The molecule has 2 N–H and O–H groups in total. The lowest BCUT2D eigenvalue weighted by atomic mass is 9.91.